The molecule has 7 heteroatoms. The predicted molar refractivity (Wildman–Crippen MR) is 92.4 cm³/mol. The van der Waals surface area contributed by atoms with Gasteiger partial charge in [-0.3, -0.25) is 9.80 Å². The number of rotatable bonds is 6. The zero-order valence-corrected chi connectivity index (χ0v) is 14.2. The van der Waals surface area contributed by atoms with Crippen LogP contribution in [-0.2, 0) is 11.2 Å². The summed E-state index contributed by atoms with van der Waals surface area (Å²) in [6, 6.07) is 9.93. The van der Waals surface area contributed by atoms with Crippen LogP contribution in [0.5, 0.6) is 0 Å². The van der Waals surface area contributed by atoms with Gasteiger partial charge in [0, 0.05) is 45.8 Å². The van der Waals surface area contributed by atoms with Gasteiger partial charge in [-0.2, -0.15) is 5.26 Å². The Kier molecular flexibility index (Phi) is 5.87. The van der Waals surface area contributed by atoms with Crippen molar-refractivity contribution in [1.29, 1.82) is 5.26 Å². The Morgan fingerprint density at radius 2 is 1.76 bits per heavy atom. The normalized spacial score (nSPS) is 23.8. The number of amides is 1. The molecule has 134 valence electrons. The predicted octanol–water partition coefficient (Wildman–Crippen LogP) is 0.753. The minimum absolute atomic E-state index is 0.193. The van der Waals surface area contributed by atoms with Crippen LogP contribution in [0.25, 0.3) is 0 Å². The number of hydrogen-bond donors (Lipinski definition) is 2. The Morgan fingerprint density at radius 3 is 2.32 bits per heavy atom. The topological polar surface area (TPSA) is 88.8 Å². The second-order valence-corrected chi connectivity index (χ2v) is 6.69. The van der Waals surface area contributed by atoms with E-state index in [1.807, 2.05) is 24.3 Å². The van der Waals surface area contributed by atoms with Gasteiger partial charge in [0.05, 0.1) is 23.8 Å². The monoisotopic (exact) mass is 344 g/mol. The number of carboxylic acid groups (broad SMARTS) is 1. The van der Waals surface area contributed by atoms with Crippen LogP contribution in [0.1, 0.15) is 11.1 Å². The summed E-state index contributed by atoms with van der Waals surface area (Å²) in [6.07, 6.45) is 0.385. The lowest BCUT2D eigenvalue weighted by atomic mass is 10.1. The number of hydrogen-bond acceptors (Lipinski definition) is 5. The number of benzene rings is 1. The highest BCUT2D eigenvalue weighted by Crippen LogP contribution is 2.19. The van der Waals surface area contributed by atoms with E-state index in [1.165, 1.54) is 5.56 Å². The average molecular weight is 344 g/mol. The van der Waals surface area contributed by atoms with E-state index in [0.717, 1.165) is 45.7 Å². The smallest absolute Gasteiger partial charge is 0.404 e. The largest absolute Gasteiger partial charge is 0.465 e. The van der Waals surface area contributed by atoms with E-state index in [4.69, 9.17) is 15.1 Å². The van der Waals surface area contributed by atoms with Crippen molar-refractivity contribution >= 4 is 6.09 Å². The van der Waals surface area contributed by atoms with Gasteiger partial charge in [-0.1, -0.05) is 12.1 Å². The molecule has 0 aromatic heterocycles. The summed E-state index contributed by atoms with van der Waals surface area (Å²) in [4.78, 5) is 15.3. The van der Waals surface area contributed by atoms with Crippen molar-refractivity contribution in [3.05, 3.63) is 35.4 Å². The lowest BCUT2D eigenvalue weighted by molar-refractivity contribution is -0.137. The standard InChI is InChI=1S/C18H24N4O3/c19-9-15-3-1-14(2-4-15)5-7-21-10-16-12-22(8-6-20-18(23)24)13-17(11-21)25-16/h1-4,16-17,20H,5-8,10-13H2,(H,23,24). The summed E-state index contributed by atoms with van der Waals surface area (Å²) in [5.74, 6) is 0. The Bertz CT molecular complexity index is 614. The molecule has 2 N–H and O–H groups in total. The van der Waals surface area contributed by atoms with Gasteiger partial charge in [0.25, 0.3) is 0 Å². The zero-order chi connectivity index (χ0) is 17.6. The molecule has 3 rings (SSSR count). The molecule has 2 saturated heterocycles. The lowest BCUT2D eigenvalue weighted by Gasteiger charge is -2.46. The highest BCUT2D eigenvalue weighted by molar-refractivity contribution is 5.64. The molecule has 0 saturated carbocycles. The fourth-order valence-electron chi connectivity index (χ4n) is 3.58. The van der Waals surface area contributed by atoms with Crippen LogP contribution in [0, 0.1) is 11.3 Å². The third-order valence-corrected chi connectivity index (χ3v) is 4.74. The Balaban J connectivity index is 1.43. The molecular formula is C18H24N4O3. The molecule has 2 atom stereocenters. The summed E-state index contributed by atoms with van der Waals surface area (Å²) in [5, 5.41) is 19.9. The molecule has 2 heterocycles. The molecular weight excluding hydrogens is 320 g/mol. The van der Waals surface area contributed by atoms with E-state index >= 15 is 0 Å². The number of nitrogens with one attached hydrogen (secondary N) is 1. The number of carbonyl (C=O) groups is 1. The number of nitrogens with zero attached hydrogens (tertiary/aromatic N) is 3. The Hall–Kier alpha value is -2.14. The van der Waals surface area contributed by atoms with E-state index in [2.05, 4.69) is 21.2 Å². The first-order valence-corrected chi connectivity index (χ1v) is 8.68. The Labute approximate surface area is 147 Å². The third kappa shape index (κ3) is 5.16. The molecule has 1 aromatic rings. The van der Waals surface area contributed by atoms with Crippen LogP contribution in [0.15, 0.2) is 24.3 Å². The molecule has 0 spiro atoms. The highest BCUT2D eigenvalue weighted by Gasteiger charge is 2.34. The fraction of sp³-hybridized carbons (Fsp3) is 0.556. The number of nitriles is 1. The molecule has 0 aliphatic carbocycles. The van der Waals surface area contributed by atoms with Crippen LogP contribution in [0.3, 0.4) is 0 Å². The minimum atomic E-state index is -0.970. The van der Waals surface area contributed by atoms with Crippen LogP contribution in [0.2, 0.25) is 0 Å². The van der Waals surface area contributed by atoms with Crippen molar-refractivity contribution in [2.45, 2.75) is 18.6 Å². The first-order valence-electron chi connectivity index (χ1n) is 8.68. The Morgan fingerprint density at radius 1 is 1.16 bits per heavy atom. The first-order chi connectivity index (χ1) is 12.1. The van der Waals surface area contributed by atoms with E-state index in [-0.39, 0.29) is 12.2 Å². The maximum Gasteiger partial charge on any atom is 0.404 e. The molecule has 7 nitrogen and oxygen atoms in total. The third-order valence-electron chi connectivity index (χ3n) is 4.74. The van der Waals surface area contributed by atoms with Gasteiger partial charge < -0.3 is 15.2 Å². The fourth-order valence-corrected chi connectivity index (χ4v) is 3.58. The maximum atomic E-state index is 10.5. The average Bonchev–Trinajstić information content (AvgIpc) is 2.59. The maximum absolute atomic E-state index is 10.5. The van der Waals surface area contributed by atoms with E-state index < -0.39 is 6.09 Å². The first kappa shape index (κ1) is 17.7. The summed E-state index contributed by atoms with van der Waals surface area (Å²) >= 11 is 0. The van der Waals surface area contributed by atoms with Crippen LogP contribution >= 0.6 is 0 Å². The van der Waals surface area contributed by atoms with Crippen LogP contribution in [-0.4, -0.2) is 79.0 Å². The molecule has 2 aliphatic rings. The van der Waals surface area contributed by atoms with Gasteiger partial charge in [-0.25, -0.2) is 4.79 Å². The molecule has 1 amide bonds. The SMILES string of the molecule is N#Cc1ccc(CCN2CC3CN(CCNC(=O)O)CC(C2)O3)cc1. The van der Waals surface area contributed by atoms with Crippen LogP contribution < -0.4 is 5.32 Å². The second kappa shape index (κ2) is 8.30. The molecule has 2 aliphatic heterocycles. The number of fused-ring (bicyclic) bond motifs is 2. The summed E-state index contributed by atoms with van der Waals surface area (Å²) in [5.41, 5.74) is 1.94. The van der Waals surface area contributed by atoms with Gasteiger partial charge in [-0.05, 0) is 24.1 Å². The highest BCUT2D eigenvalue weighted by atomic mass is 16.5. The van der Waals surface area contributed by atoms with E-state index in [0.29, 0.717) is 12.1 Å². The lowest BCUT2D eigenvalue weighted by Crippen LogP contribution is -2.60. The summed E-state index contributed by atoms with van der Waals surface area (Å²) < 4.78 is 6.04. The second-order valence-electron chi connectivity index (χ2n) is 6.69. The molecule has 1 aromatic carbocycles. The number of morpholine rings is 2. The quantitative estimate of drug-likeness (QED) is 0.792. The van der Waals surface area contributed by atoms with Gasteiger partial charge in [-0.15, -0.1) is 0 Å². The van der Waals surface area contributed by atoms with Crippen molar-refractivity contribution in [3.8, 4) is 6.07 Å². The van der Waals surface area contributed by atoms with Crippen molar-refractivity contribution in [1.82, 2.24) is 15.1 Å². The van der Waals surface area contributed by atoms with Gasteiger partial charge in [0.15, 0.2) is 0 Å². The number of ether oxygens (including phenoxy) is 1. The van der Waals surface area contributed by atoms with E-state index in [1.54, 1.807) is 0 Å². The van der Waals surface area contributed by atoms with Crippen molar-refractivity contribution in [2.75, 3.05) is 45.8 Å². The summed E-state index contributed by atoms with van der Waals surface area (Å²) in [7, 11) is 0. The molecule has 2 bridgehead atoms. The van der Waals surface area contributed by atoms with Crippen molar-refractivity contribution in [3.63, 3.8) is 0 Å². The molecule has 2 unspecified atom stereocenters. The summed E-state index contributed by atoms with van der Waals surface area (Å²) in [6.45, 7) is 5.70. The molecule has 0 radical (unpaired) electrons. The van der Waals surface area contributed by atoms with Gasteiger partial charge >= 0.3 is 6.09 Å². The van der Waals surface area contributed by atoms with Gasteiger partial charge in [0.1, 0.15) is 0 Å². The van der Waals surface area contributed by atoms with Gasteiger partial charge in [0.2, 0.25) is 0 Å². The zero-order valence-electron chi connectivity index (χ0n) is 14.2. The van der Waals surface area contributed by atoms with Crippen molar-refractivity contribution in [2.24, 2.45) is 0 Å². The van der Waals surface area contributed by atoms with Crippen molar-refractivity contribution < 1.29 is 14.6 Å². The van der Waals surface area contributed by atoms with Crippen LogP contribution in [0.4, 0.5) is 4.79 Å². The molecule has 2 fully saturated rings. The van der Waals surface area contributed by atoms with E-state index in [9.17, 15) is 4.79 Å². The minimum Gasteiger partial charge on any atom is -0.465 e. The molecule has 25 heavy (non-hydrogen) atoms.